The van der Waals surface area contributed by atoms with Crippen LogP contribution in [0.3, 0.4) is 0 Å². The summed E-state index contributed by atoms with van der Waals surface area (Å²) in [4.78, 5) is 22.4. The summed E-state index contributed by atoms with van der Waals surface area (Å²) in [5, 5.41) is 16.2. The van der Waals surface area contributed by atoms with Gasteiger partial charge >= 0.3 is 0 Å². The number of carbonyl (C=O) groups is 1. The molecule has 2 N–H and O–H groups in total. The van der Waals surface area contributed by atoms with E-state index in [2.05, 4.69) is 26.6 Å². The number of hydrogen-bond acceptors (Lipinski definition) is 4. The van der Waals surface area contributed by atoms with Crippen LogP contribution in [-0.4, -0.2) is 15.9 Å². The third-order valence-electron chi connectivity index (χ3n) is 3.41. The number of rotatable bonds is 3. The summed E-state index contributed by atoms with van der Waals surface area (Å²) in [5.41, 5.74) is 3.09. The molecule has 6 nitrogen and oxygen atoms in total. The largest absolute Gasteiger partial charge is 0.331 e. The first kappa shape index (κ1) is 18.0. The van der Waals surface area contributed by atoms with Gasteiger partial charge in [0.05, 0.1) is 10.6 Å². The van der Waals surface area contributed by atoms with E-state index < -0.39 is 4.92 Å². The maximum absolute atomic E-state index is 12.2. The van der Waals surface area contributed by atoms with E-state index in [1.54, 1.807) is 12.1 Å². The highest BCUT2D eigenvalue weighted by molar-refractivity contribution is 9.10. The Morgan fingerprint density at radius 1 is 1.17 bits per heavy atom. The van der Waals surface area contributed by atoms with Gasteiger partial charge in [0.25, 0.3) is 11.6 Å². The molecule has 0 heterocycles. The number of nitro benzene ring substituents is 1. The lowest BCUT2D eigenvalue weighted by molar-refractivity contribution is -0.384. The summed E-state index contributed by atoms with van der Waals surface area (Å²) < 4.78 is 0.472. The smallest absolute Gasteiger partial charge is 0.270 e. The molecule has 124 valence electrons. The molecule has 0 aliphatic heterocycles. The minimum absolute atomic E-state index is 0.0440. The Morgan fingerprint density at radius 2 is 1.88 bits per heavy atom. The van der Waals surface area contributed by atoms with Gasteiger partial charge in [-0.15, -0.1) is 0 Å². The van der Waals surface area contributed by atoms with Gasteiger partial charge in [-0.2, -0.15) is 0 Å². The SMILES string of the molecule is Cc1ccc(C(=O)NC(=S)Nc2ccc([N+](=O)[O-])cc2Br)cc1C. The van der Waals surface area contributed by atoms with Crippen molar-refractivity contribution in [3.63, 3.8) is 0 Å². The molecule has 0 aliphatic rings. The van der Waals surface area contributed by atoms with Crippen molar-refractivity contribution in [2.24, 2.45) is 0 Å². The number of non-ortho nitro benzene ring substituents is 1. The van der Waals surface area contributed by atoms with Gasteiger partial charge in [-0.1, -0.05) is 6.07 Å². The van der Waals surface area contributed by atoms with Crippen molar-refractivity contribution in [3.05, 3.63) is 67.7 Å². The summed E-state index contributed by atoms with van der Waals surface area (Å²) in [6.45, 7) is 3.89. The average molecular weight is 408 g/mol. The fraction of sp³-hybridized carbons (Fsp3) is 0.125. The summed E-state index contributed by atoms with van der Waals surface area (Å²) in [7, 11) is 0. The molecular weight excluding hydrogens is 394 g/mol. The maximum Gasteiger partial charge on any atom is 0.270 e. The fourth-order valence-electron chi connectivity index (χ4n) is 1.93. The summed E-state index contributed by atoms with van der Waals surface area (Å²) >= 11 is 8.35. The Balaban J connectivity index is 2.06. The molecule has 0 saturated heterocycles. The number of aryl methyl sites for hydroxylation is 2. The Labute approximate surface area is 152 Å². The van der Waals surface area contributed by atoms with E-state index in [0.29, 0.717) is 15.7 Å². The lowest BCUT2D eigenvalue weighted by atomic mass is 10.1. The zero-order valence-electron chi connectivity index (χ0n) is 12.9. The van der Waals surface area contributed by atoms with E-state index >= 15 is 0 Å². The molecule has 2 aromatic rings. The maximum atomic E-state index is 12.2. The van der Waals surface area contributed by atoms with Crippen molar-refractivity contribution in [1.82, 2.24) is 5.32 Å². The summed E-state index contributed by atoms with van der Waals surface area (Å²) in [6.07, 6.45) is 0. The van der Waals surface area contributed by atoms with Crippen LogP contribution in [0.4, 0.5) is 11.4 Å². The lowest BCUT2D eigenvalue weighted by Crippen LogP contribution is -2.34. The van der Waals surface area contributed by atoms with E-state index in [1.807, 2.05) is 19.9 Å². The van der Waals surface area contributed by atoms with Crippen molar-refractivity contribution < 1.29 is 9.72 Å². The van der Waals surface area contributed by atoms with E-state index in [9.17, 15) is 14.9 Å². The normalized spacial score (nSPS) is 10.1. The van der Waals surface area contributed by atoms with E-state index in [0.717, 1.165) is 11.1 Å². The number of halogens is 1. The van der Waals surface area contributed by atoms with Crippen molar-refractivity contribution >= 4 is 50.5 Å². The summed E-state index contributed by atoms with van der Waals surface area (Å²) in [6, 6.07) is 9.60. The third-order valence-corrected chi connectivity index (χ3v) is 4.27. The number of carbonyl (C=O) groups excluding carboxylic acids is 1. The first-order valence-corrected chi connectivity index (χ1v) is 8.11. The predicted molar refractivity (Wildman–Crippen MR) is 100 cm³/mol. The molecule has 0 atom stereocenters. The lowest BCUT2D eigenvalue weighted by Gasteiger charge is -2.11. The van der Waals surface area contributed by atoms with Gasteiger partial charge < -0.3 is 5.32 Å². The highest BCUT2D eigenvalue weighted by atomic mass is 79.9. The number of anilines is 1. The number of nitrogens with one attached hydrogen (secondary N) is 2. The summed E-state index contributed by atoms with van der Waals surface area (Å²) in [5.74, 6) is -0.325. The second kappa shape index (κ2) is 7.50. The van der Waals surface area contributed by atoms with Gasteiger partial charge in [-0.05, 0) is 71.3 Å². The van der Waals surface area contributed by atoms with Crippen LogP contribution < -0.4 is 10.6 Å². The molecular formula is C16H14BrN3O3S. The van der Waals surface area contributed by atoms with Crippen LogP contribution in [0, 0.1) is 24.0 Å². The van der Waals surface area contributed by atoms with Crippen LogP contribution in [0.15, 0.2) is 40.9 Å². The number of benzene rings is 2. The first-order valence-electron chi connectivity index (χ1n) is 6.91. The van der Waals surface area contributed by atoms with Gasteiger partial charge in [-0.3, -0.25) is 20.2 Å². The standard InChI is InChI=1S/C16H14BrN3O3S/c1-9-3-4-11(7-10(9)2)15(21)19-16(24)18-14-6-5-12(20(22)23)8-13(14)17/h3-8H,1-2H3,(H2,18,19,21,24). The molecule has 0 unspecified atom stereocenters. The Morgan fingerprint density at radius 3 is 2.46 bits per heavy atom. The molecule has 0 aliphatic carbocycles. The van der Waals surface area contributed by atoms with Gasteiger partial charge in [0, 0.05) is 22.2 Å². The third kappa shape index (κ3) is 4.36. The van der Waals surface area contributed by atoms with Crippen LogP contribution in [0.1, 0.15) is 21.5 Å². The van der Waals surface area contributed by atoms with Crippen molar-refractivity contribution in [3.8, 4) is 0 Å². The number of hydrogen-bond donors (Lipinski definition) is 2. The molecule has 1 amide bonds. The average Bonchev–Trinajstić information content (AvgIpc) is 2.51. The van der Waals surface area contributed by atoms with Crippen LogP contribution >= 0.6 is 28.1 Å². The van der Waals surface area contributed by atoms with Crippen LogP contribution in [0.5, 0.6) is 0 Å². The molecule has 0 bridgehead atoms. The quantitative estimate of drug-likeness (QED) is 0.454. The van der Waals surface area contributed by atoms with Crippen molar-refractivity contribution in [2.75, 3.05) is 5.32 Å². The highest BCUT2D eigenvalue weighted by Gasteiger charge is 2.12. The Bertz CT molecular complexity index is 839. The molecule has 0 saturated carbocycles. The Hall–Kier alpha value is -2.32. The molecule has 0 fully saturated rings. The first-order chi connectivity index (χ1) is 11.3. The highest BCUT2D eigenvalue weighted by Crippen LogP contribution is 2.27. The number of nitro groups is 1. The second-order valence-corrected chi connectivity index (χ2v) is 6.39. The van der Waals surface area contributed by atoms with E-state index in [4.69, 9.17) is 12.2 Å². The number of amides is 1. The topological polar surface area (TPSA) is 84.3 Å². The van der Waals surface area contributed by atoms with E-state index in [1.165, 1.54) is 18.2 Å². The zero-order valence-corrected chi connectivity index (χ0v) is 15.3. The monoisotopic (exact) mass is 407 g/mol. The van der Waals surface area contributed by atoms with Crippen molar-refractivity contribution in [2.45, 2.75) is 13.8 Å². The van der Waals surface area contributed by atoms with Crippen LogP contribution in [-0.2, 0) is 0 Å². The molecule has 2 aromatic carbocycles. The van der Waals surface area contributed by atoms with Gasteiger partial charge in [0.15, 0.2) is 5.11 Å². The second-order valence-electron chi connectivity index (χ2n) is 5.13. The number of nitrogens with zero attached hydrogens (tertiary/aromatic N) is 1. The van der Waals surface area contributed by atoms with Crippen LogP contribution in [0.2, 0.25) is 0 Å². The Kier molecular flexibility index (Phi) is 5.63. The molecule has 0 spiro atoms. The van der Waals surface area contributed by atoms with Crippen LogP contribution in [0.25, 0.3) is 0 Å². The molecule has 2 rings (SSSR count). The van der Waals surface area contributed by atoms with Gasteiger partial charge in [0.1, 0.15) is 0 Å². The molecule has 0 radical (unpaired) electrons. The molecule has 24 heavy (non-hydrogen) atoms. The van der Waals surface area contributed by atoms with Gasteiger partial charge in [-0.25, -0.2) is 0 Å². The fourth-order valence-corrected chi connectivity index (χ4v) is 2.60. The molecule has 0 aromatic heterocycles. The minimum Gasteiger partial charge on any atom is -0.331 e. The van der Waals surface area contributed by atoms with Crippen molar-refractivity contribution in [1.29, 1.82) is 0 Å². The minimum atomic E-state index is -0.492. The van der Waals surface area contributed by atoms with Gasteiger partial charge in [0.2, 0.25) is 0 Å². The predicted octanol–water partition coefficient (Wildman–Crippen LogP) is 4.10. The zero-order chi connectivity index (χ0) is 17.9. The van der Waals surface area contributed by atoms with E-state index in [-0.39, 0.29) is 16.7 Å². The molecule has 8 heteroatoms. The number of thiocarbonyl (C=S) groups is 1.